The van der Waals surface area contributed by atoms with Crippen LogP contribution < -0.4 is 5.32 Å². The van der Waals surface area contributed by atoms with Crippen LogP contribution >= 0.6 is 11.3 Å². The highest BCUT2D eigenvalue weighted by Gasteiger charge is 2.13. The summed E-state index contributed by atoms with van der Waals surface area (Å²) < 4.78 is 14.2. The van der Waals surface area contributed by atoms with Gasteiger partial charge in [0.15, 0.2) is 5.13 Å². The number of nitrogens with one attached hydrogen (secondary N) is 1. The summed E-state index contributed by atoms with van der Waals surface area (Å²) in [6, 6.07) is 3.34. The van der Waals surface area contributed by atoms with Crippen molar-refractivity contribution < 1.29 is 4.39 Å². The number of thiazole rings is 1. The van der Waals surface area contributed by atoms with Gasteiger partial charge in [0.25, 0.3) is 0 Å². The van der Waals surface area contributed by atoms with Crippen molar-refractivity contribution in [2.24, 2.45) is 0 Å². The number of benzene rings is 1. The predicted molar refractivity (Wildman–Crippen MR) is 63.2 cm³/mol. The summed E-state index contributed by atoms with van der Waals surface area (Å²) in [7, 11) is 1.80. The number of nitrogens with zero attached hydrogens (tertiary/aromatic N) is 1. The first-order chi connectivity index (χ1) is 7.13. The summed E-state index contributed by atoms with van der Waals surface area (Å²) in [6.07, 6.45) is 0. The molecule has 0 aliphatic rings. The molecule has 0 aliphatic heterocycles. The normalized spacial score (nSPS) is 11.3. The van der Waals surface area contributed by atoms with Crippen molar-refractivity contribution in [2.75, 3.05) is 12.4 Å². The maximum Gasteiger partial charge on any atom is 0.183 e. The smallest absolute Gasteiger partial charge is 0.183 e. The molecule has 0 radical (unpaired) electrons. The van der Waals surface area contributed by atoms with Crippen LogP contribution in [0.1, 0.15) is 25.3 Å². The molecule has 2 aromatic rings. The summed E-state index contributed by atoms with van der Waals surface area (Å²) in [4.78, 5) is 4.38. The van der Waals surface area contributed by atoms with Gasteiger partial charge >= 0.3 is 0 Å². The van der Waals surface area contributed by atoms with Crippen LogP contribution in [-0.4, -0.2) is 12.0 Å². The minimum atomic E-state index is -0.187. The molecule has 15 heavy (non-hydrogen) atoms. The van der Waals surface area contributed by atoms with Crippen LogP contribution in [0, 0.1) is 5.82 Å². The predicted octanol–water partition coefficient (Wildman–Crippen LogP) is 3.60. The Morgan fingerprint density at radius 3 is 2.73 bits per heavy atom. The Morgan fingerprint density at radius 2 is 2.13 bits per heavy atom. The van der Waals surface area contributed by atoms with Crippen LogP contribution in [0.25, 0.3) is 10.2 Å². The van der Waals surface area contributed by atoms with E-state index < -0.39 is 0 Å². The molecule has 0 saturated carbocycles. The summed E-state index contributed by atoms with van der Waals surface area (Å²) in [6.45, 7) is 4.18. The largest absolute Gasteiger partial charge is 0.365 e. The van der Waals surface area contributed by atoms with E-state index in [2.05, 4.69) is 24.1 Å². The van der Waals surface area contributed by atoms with Crippen molar-refractivity contribution in [3.8, 4) is 0 Å². The Labute approximate surface area is 92.1 Å². The minimum absolute atomic E-state index is 0.187. The Balaban J connectivity index is 2.74. The maximum absolute atomic E-state index is 13.5. The lowest BCUT2D eigenvalue weighted by Gasteiger charge is -2.05. The standard InChI is InChI=1S/C11H13FN2S/c1-6(2)7-4-5-8(12)10-9(7)14-11(13-3)15-10/h4-6H,1-3H3,(H,13,14). The van der Waals surface area contributed by atoms with Gasteiger partial charge in [0.1, 0.15) is 5.82 Å². The Bertz CT molecular complexity index is 491. The van der Waals surface area contributed by atoms with E-state index in [1.807, 2.05) is 6.07 Å². The fourth-order valence-corrected chi connectivity index (χ4v) is 2.43. The molecule has 80 valence electrons. The van der Waals surface area contributed by atoms with Crippen LogP contribution in [0.3, 0.4) is 0 Å². The van der Waals surface area contributed by atoms with Crippen LogP contribution in [-0.2, 0) is 0 Å². The molecule has 1 aromatic heterocycles. The first-order valence-corrected chi connectivity index (χ1v) is 5.71. The molecular weight excluding hydrogens is 211 g/mol. The van der Waals surface area contributed by atoms with E-state index in [0.717, 1.165) is 16.2 Å². The highest BCUT2D eigenvalue weighted by Crippen LogP contribution is 2.33. The van der Waals surface area contributed by atoms with E-state index in [9.17, 15) is 4.39 Å². The Kier molecular flexibility index (Phi) is 2.61. The van der Waals surface area contributed by atoms with E-state index in [4.69, 9.17) is 0 Å². The van der Waals surface area contributed by atoms with Gasteiger partial charge in [-0.05, 0) is 17.5 Å². The lowest BCUT2D eigenvalue weighted by Crippen LogP contribution is -1.91. The number of rotatable bonds is 2. The fourth-order valence-electron chi connectivity index (χ4n) is 1.57. The van der Waals surface area contributed by atoms with E-state index >= 15 is 0 Å². The molecule has 1 aromatic carbocycles. The summed E-state index contributed by atoms with van der Waals surface area (Å²) >= 11 is 1.36. The van der Waals surface area contributed by atoms with Gasteiger partial charge in [-0.1, -0.05) is 31.3 Å². The van der Waals surface area contributed by atoms with E-state index in [0.29, 0.717) is 10.6 Å². The molecule has 0 fully saturated rings. The number of hydrogen-bond donors (Lipinski definition) is 1. The molecule has 0 saturated heterocycles. The second-order valence-corrected chi connectivity index (χ2v) is 4.74. The molecule has 2 rings (SSSR count). The van der Waals surface area contributed by atoms with Crippen LogP contribution in [0.15, 0.2) is 12.1 Å². The lowest BCUT2D eigenvalue weighted by molar-refractivity contribution is 0.640. The molecular formula is C11H13FN2S. The zero-order valence-corrected chi connectivity index (χ0v) is 9.78. The molecule has 0 atom stereocenters. The first kappa shape index (κ1) is 10.4. The third-order valence-electron chi connectivity index (χ3n) is 2.36. The van der Waals surface area contributed by atoms with Crippen molar-refractivity contribution in [3.63, 3.8) is 0 Å². The first-order valence-electron chi connectivity index (χ1n) is 4.90. The summed E-state index contributed by atoms with van der Waals surface area (Å²) in [5.41, 5.74) is 1.89. The zero-order valence-electron chi connectivity index (χ0n) is 8.97. The molecule has 2 nitrogen and oxygen atoms in total. The average molecular weight is 224 g/mol. The van der Waals surface area contributed by atoms with Gasteiger partial charge in [-0.3, -0.25) is 0 Å². The van der Waals surface area contributed by atoms with E-state index in [-0.39, 0.29) is 5.82 Å². The van der Waals surface area contributed by atoms with Gasteiger partial charge in [0, 0.05) is 7.05 Å². The number of aromatic nitrogens is 1. The topological polar surface area (TPSA) is 24.9 Å². The zero-order chi connectivity index (χ0) is 11.0. The van der Waals surface area contributed by atoms with Crippen LogP contribution in [0.4, 0.5) is 9.52 Å². The summed E-state index contributed by atoms with van der Waals surface area (Å²) in [5.74, 6) is 0.174. The molecule has 1 heterocycles. The molecule has 0 bridgehead atoms. The Morgan fingerprint density at radius 1 is 1.40 bits per heavy atom. The number of fused-ring (bicyclic) bond motifs is 1. The van der Waals surface area contributed by atoms with Crippen molar-refractivity contribution >= 4 is 26.7 Å². The van der Waals surface area contributed by atoms with Gasteiger partial charge in [0.2, 0.25) is 0 Å². The van der Waals surface area contributed by atoms with Crippen LogP contribution in [0.5, 0.6) is 0 Å². The Hall–Kier alpha value is -1.16. The SMILES string of the molecule is CNc1nc2c(C(C)C)ccc(F)c2s1. The van der Waals surface area contributed by atoms with E-state index in [1.54, 1.807) is 7.05 Å². The molecule has 0 spiro atoms. The van der Waals surface area contributed by atoms with Crippen LogP contribution in [0.2, 0.25) is 0 Å². The maximum atomic E-state index is 13.5. The van der Waals surface area contributed by atoms with E-state index in [1.165, 1.54) is 17.4 Å². The second-order valence-electron chi connectivity index (χ2n) is 3.74. The number of anilines is 1. The average Bonchev–Trinajstić information content (AvgIpc) is 2.62. The molecule has 0 aliphatic carbocycles. The van der Waals surface area contributed by atoms with Gasteiger partial charge < -0.3 is 5.32 Å². The number of hydrogen-bond acceptors (Lipinski definition) is 3. The third-order valence-corrected chi connectivity index (χ3v) is 3.44. The highest BCUT2D eigenvalue weighted by atomic mass is 32.1. The van der Waals surface area contributed by atoms with Gasteiger partial charge in [-0.25, -0.2) is 9.37 Å². The van der Waals surface area contributed by atoms with Crippen molar-refractivity contribution in [1.29, 1.82) is 0 Å². The monoisotopic (exact) mass is 224 g/mol. The second kappa shape index (κ2) is 3.77. The molecule has 4 heteroatoms. The molecule has 1 N–H and O–H groups in total. The fraction of sp³-hybridized carbons (Fsp3) is 0.364. The third kappa shape index (κ3) is 1.69. The quantitative estimate of drug-likeness (QED) is 0.843. The minimum Gasteiger partial charge on any atom is -0.365 e. The summed E-state index contributed by atoms with van der Waals surface area (Å²) in [5, 5.41) is 3.71. The van der Waals surface area contributed by atoms with Crippen molar-refractivity contribution in [3.05, 3.63) is 23.5 Å². The van der Waals surface area contributed by atoms with Crippen molar-refractivity contribution in [1.82, 2.24) is 4.98 Å². The van der Waals surface area contributed by atoms with Gasteiger partial charge in [-0.2, -0.15) is 0 Å². The highest BCUT2D eigenvalue weighted by molar-refractivity contribution is 7.22. The number of halogens is 1. The molecule has 0 amide bonds. The van der Waals surface area contributed by atoms with Gasteiger partial charge in [-0.15, -0.1) is 0 Å². The van der Waals surface area contributed by atoms with Gasteiger partial charge in [0.05, 0.1) is 10.2 Å². The lowest BCUT2D eigenvalue weighted by atomic mass is 10.0. The molecule has 0 unspecified atom stereocenters. The van der Waals surface area contributed by atoms with Crippen molar-refractivity contribution in [2.45, 2.75) is 19.8 Å².